The number of halogens is 3. The molecule has 4 nitrogen and oxygen atoms in total. The van der Waals surface area contributed by atoms with E-state index in [9.17, 15) is 8.78 Å². The maximum Gasteiger partial charge on any atom is 0.265 e. The Labute approximate surface area is 122 Å². The standard InChI is InChI=1S/C11H17ClF2N2O2.C2H2/c1-7(9(11(13)14)4-10(12)15)16-2-3-18-8(5-16)6-17;1-2/h4,8,11,17H,2-3,5-6,15H2,1H3;1-2H/b9-7-,10-4-;. The van der Waals surface area contributed by atoms with Gasteiger partial charge in [0.2, 0.25) is 0 Å². The Hall–Kier alpha value is -1.29. The van der Waals surface area contributed by atoms with Gasteiger partial charge in [0.25, 0.3) is 6.43 Å². The molecule has 114 valence electrons. The summed E-state index contributed by atoms with van der Waals surface area (Å²) in [6, 6.07) is 0. The molecule has 1 heterocycles. The van der Waals surface area contributed by atoms with Gasteiger partial charge in [-0.05, 0) is 13.0 Å². The number of morpholine rings is 1. The highest BCUT2D eigenvalue weighted by Crippen LogP contribution is 2.21. The van der Waals surface area contributed by atoms with Gasteiger partial charge in [-0.3, -0.25) is 0 Å². The molecule has 0 amide bonds. The summed E-state index contributed by atoms with van der Waals surface area (Å²) in [6.07, 6.45) is 6.05. The van der Waals surface area contributed by atoms with Crippen LogP contribution in [0, 0.1) is 12.8 Å². The first kappa shape index (κ1) is 18.7. The van der Waals surface area contributed by atoms with Crippen molar-refractivity contribution in [3.63, 3.8) is 0 Å². The molecule has 20 heavy (non-hydrogen) atoms. The lowest BCUT2D eigenvalue weighted by atomic mass is 10.1. The molecular formula is C13H19ClF2N2O2. The van der Waals surface area contributed by atoms with Crippen molar-refractivity contribution in [2.24, 2.45) is 5.73 Å². The predicted octanol–water partition coefficient (Wildman–Crippen LogP) is 1.51. The molecule has 1 aliphatic heterocycles. The second-order valence-electron chi connectivity index (χ2n) is 3.99. The molecule has 0 spiro atoms. The zero-order valence-electron chi connectivity index (χ0n) is 11.2. The van der Waals surface area contributed by atoms with Crippen molar-refractivity contribution in [3.8, 4) is 12.8 Å². The molecule has 0 radical (unpaired) electrons. The summed E-state index contributed by atoms with van der Waals surface area (Å²) in [4.78, 5) is 1.74. The molecule has 0 saturated carbocycles. The van der Waals surface area contributed by atoms with E-state index in [0.717, 1.165) is 6.08 Å². The van der Waals surface area contributed by atoms with E-state index in [2.05, 4.69) is 12.8 Å². The average molecular weight is 309 g/mol. The summed E-state index contributed by atoms with van der Waals surface area (Å²) in [6.45, 7) is 2.70. The van der Waals surface area contributed by atoms with Gasteiger partial charge in [0, 0.05) is 24.4 Å². The van der Waals surface area contributed by atoms with Gasteiger partial charge < -0.3 is 20.5 Å². The number of hydrogen-bond acceptors (Lipinski definition) is 4. The third-order valence-electron chi connectivity index (χ3n) is 2.76. The van der Waals surface area contributed by atoms with Crippen LogP contribution >= 0.6 is 11.6 Å². The molecule has 7 heteroatoms. The average Bonchev–Trinajstić information content (AvgIpc) is 2.45. The van der Waals surface area contributed by atoms with E-state index in [1.165, 1.54) is 0 Å². The minimum Gasteiger partial charge on any atom is -0.394 e. The van der Waals surface area contributed by atoms with Crippen molar-refractivity contribution in [1.29, 1.82) is 0 Å². The maximum atomic E-state index is 12.9. The fraction of sp³-hybridized carbons (Fsp3) is 0.538. The minimum atomic E-state index is -2.65. The lowest BCUT2D eigenvalue weighted by Gasteiger charge is -2.35. The highest BCUT2D eigenvalue weighted by molar-refractivity contribution is 6.29. The summed E-state index contributed by atoms with van der Waals surface area (Å²) < 4.78 is 31.1. The Morgan fingerprint density at radius 2 is 2.20 bits per heavy atom. The summed E-state index contributed by atoms with van der Waals surface area (Å²) in [5.41, 5.74) is 5.42. The van der Waals surface area contributed by atoms with Crippen LogP contribution in [0.1, 0.15) is 6.92 Å². The Bertz CT molecular complexity index is 380. The van der Waals surface area contributed by atoms with Gasteiger partial charge in [-0.15, -0.1) is 12.8 Å². The quantitative estimate of drug-likeness (QED) is 0.469. The van der Waals surface area contributed by atoms with E-state index < -0.39 is 6.43 Å². The van der Waals surface area contributed by atoms with E-state index in [1.807, 2.05) is 0 Å². The molecule has 0 aromatic rings. The number of aliphatic hydroxyl groups is 1. The van der Waals surface area contributed by atoms with E-state index in [0.29, 0.717) is 25.4 Å². The van der Waals surface area contributed by atoms with E-state index in [-0.39, 0.29) is 23.4 Å². The molecular weight excluding hydrogens is 290 g/mol. The first-order valence-electron chi connectivity index (χ1n) is 5.88. The summed E-state index contributed by atoms with van der Waals surface area (Å²) in [5.74, 6) is 0. The normalized spacial score (nSPS) is 21.1. The number of rotatable bonds is 4. The first-order chi connectivity index (χ1) is 9.45. The molecule has 0 bridgehead atoms. The molecule has 1 rings (SSSR count). The van der Waals surface area contributed by atoms with Crippen LogP contribution in [-0.4, -0.2) is 48.8 Å². The van der Waals surface area contributed by atoms with Crippen LogP contribution in [0.5, 0.6) is 0 Å². The van der Waals surface area contributed by atoms with Gasteiger partial charge in [-0.1, -0.05) is 11.6 Å². The Morgan fingerprint density at radius 1 is 1.60 bits per heavy atom. The van der Waals surface area contributed by atoms with Crippen molar-refractivity contribution in [2.75, 3.05) is 26.3 Å². The van der Waals surface area contributed by atoms with E-state index in [4.69, 9.17) is 27.2 Å². The summed E-state index contributed by atoms with van der Waals surface area (Å²) >= 11 is 5.44. The van der Waals surface area contributed by atoms with Crippen molar-refractivity contribution in [2.45, 2.75) is 19.5 Å². The van der Waals surface area contributed by atoms with Crippen LogP contribution < -0.4 is 5.73 Å². The van der Waals surface area contributed by atoms with Gasteiger partial charge in [0.1, 0.15) is 0 Å². The smallest absolute Gasteiger partial charge is 0.265 e. The predicted molar refractivity (Wildman–Crippen MR) is 75.1 cm³/mol. The fourth-order valence-corrected chi connectivity index (χ4v) is 1.91. The molecule has 0 aromatic heterocycles. The fourth-order valence-electron chi connectivity index (χ4n) is 1.79. The van der Waals surface area contributed by atoms with Crippen molar-refractivity contribution >= 4 is 11.6 Å². The number of alkyl halides is 2. The Morgan fingerprint density at radius 3 is 2.65 bits per heavy atom. The largest absolute Gasteiger partial charge is 0.394 e. The molecule has 1 fully saturated rings. The first-order valence-corrected chi connectivity index (χ1v) is 6.25. The molecule has 3 N–H and O–H groups in total. The number of hydrogen-bond donors (Lipinski definition) is 2. The molecule has 1 aliphatic rings. The van der Waals surface area contributed by atoms with Gasteiger partial charge in [0.05, 0.1) is 24.5 Å². The second-order valence-corrected chi connectivity index (χ2v) is 4.43. The van der Waals surface area contributed by atoms with Crippen LogP contribution in [0.15, 0.2) is 22.5 Å². The minimum absolute atomic E-state index is 0.138. The zero-order valence-corrected chi connectivity index (χ0v) is 12.0. The number of aliphatic hydroxyl groups excluding tert-OH is 1. The topological polar surface area (TPSA) is 58.7 Å². The zero-order chi connectivity index (χ0) is 15.7. The van der Waals surface area contributed by atoms with Crippen LogP contribution in [0.4, 0.5) is 8.78 Å². The molecule has 0 aromatic carbocycles. The highest BCUT2D eigenvalue weighted by atomic mass is 35.5. The van der Waals surface area contributed by atoms with Gasteiger partial charge in [-0.25, -0.2) is 8.78 Å². The SMILES string of the molecule is C#C.C/C(=C(\C=C(/N)Cl)C(F)F)N1CCOC(CO)C1. The number of nitrogens with zero attached hydrogens (tertiary/aromatic N) is 1. The summed E-state index contributed by atoms with van der Waals surface area (Å²) in [5, 5.41) is 8.83. The van der Waals surface area contributed by atoms with Crippen molar-refractivity contribution < 1.29 is 18.6 Å². The Kier molecular flexibility index (Phi) is 8.97. The van der Waals surface area contributed by atoms with Gasteiger partial charge in [0.15, 0.2) is 0 Å². The Balaban J connectivity index is 0.00000172. The third kappa shape index (κ3) is 5.78. The van der Waals surface area contributed by atoms with E-state index >= 15 is 0 Å². The number of nitrogens with two attached hydrogens (primary N) is 1. The van der Waals surface area contributed by atoms with Crippen LogP contribution in [0.2, 0.25) is 0 Å². The monoisotopic (exact) mass is 308 g/mol. The van der Waals surface area contributed by atoms with Crippen molar-refractivity contribution in [3.05, 3.63) is 22.5 Å². The molecule has 1 atom stereocenters. The number of terminal acetylenes is 1. The van der Waals surface area contributed by atoms with Gasteiger partial charge >= 0.3 is 0 Å². The van der Waals surface area contributed by atoms with Crippen LogP contribution in [-0.2, 0) is 4.74 Å². The molecule has 1 saturated heterocycles. The van der Waals surface area contributed by atoms with Gasteiger partial charge in [-0.2, -0.15) is 0 Å². The summed E-state index contributed by atoms with van der Waals surface area (Å²) in [7, 11) is 0. The molecule has 1 unspecified atom stereocenters. The highest BCUT2D eigenvalue weighted by Gasteiger charge is 2.23. The second kappa shape index (κ2) is 9.59. The van der Waals surface area contributed by atoms with Crippen molar-refractivity contribution in [1.82, 2.24) is 4.90 Å². The maximum absolute atomic E-state index is 12.9. The lowest BCUT2D eigenvalue weighted by molar-refractivity contribution is -0.0436. The van der Waals surface area contributed by atoms with E-state index in [1.54, 1.807) is 11.8 Å². The van der Waals surface area contributed by atoms with Crippen LogP contribution in [0.3, 0.4) is 0 Å². The third-order valence-corrected chi connectivity index (χ3v) is 2.87. The lowest BCUT2D eigenvalue weighted by Crippen LogP contribution is -2.43. The van der Waals surface area contributed by atoms with Crippen LogP contribution in [0.25, 0.3) is 0 Å². The number of ether oxygens (including phenoxy) is 1. The molecule has 0 aliphatic carbocycles. The number of allylic oxidation sites excluding steroid dienone is 3.